The zero-order chi connectivity index (χ0) is 19.2. The molecule has 0 saturated carbocycles. The molecule has 0 spiro atoms. The molecule has 2 rings (SSSR count). The van der Waals surface area contributed by atoms with Crippen molar-refractivity contribution >= 4 is 17.5 Å². The smallest absolute Gasteiger partial charge is 0.291 e. The average molecular weight is 381 g/mol. The monoisotopic (exact) mass is 381 g/mol. The van der Waals surface area contributed by atoms with Crippen LogP contribution < -0.4 is 11.4 Å². The number of benzene rings is 2. The van der Waals surface area contributed by atoms with E-state index in [0.717, 1.165) is 28.7 Å². The van der Waals surface area contributed by atoms with E-state index in [1.54, 1.807) is 17.8 Å². The molecule has 0 aliphatic carbocycles. The third-order valence-electron chi connectivity index (χ3n) is 3.79. The Labute approximate surface area is 156 Å². The fourth-order valence-electron chi connectivity index (χ4n) is 2.50. The van der Waals surface area contributed by atoms with Gasteiger partial charge in [-0.2, -0.15) is 18.7 Å². The molecular formula is C19H22F3N3S. The summed E-state index contributed by atoms with van der Waals surface area (Å²) in [7, 11) is 0. The van der Waals surface area contributed by atoms with E-state index < -0.39 is 11.7 Å². The van der Waals surface area contributed by atoms with Crippen LogP contribution in [0, 0.1) is 0 Å². The number of thioether (sulfide) groups is 1. The molecule has 0 saturated heterocycles. The number of alkyl halides is 3. The van der Waals surface area contributed by atoms with Gasteiger partial charge in [0.25, 0.3) is 0 Å². The fraction of sp³-hybridized carbons (Fsp3) is 0.263. The van der Waals surface area contributed by atoms with Crippen molar-refractivity contribution in [3.05, 3.63) is 71.8 Å². The van der Waals surface area contributed by atoms with Gasteiger partial charge in [0.05, 0.1) is 17.8 Å². The molecule has 2 aromatic rings. The molecule has 0 atom stereocenters. The maximum absolute atomic E-state index is 13.3. The molecule has 3 N–H and O–H groups in total. The Kier molecular flexibility index (Phi) is 7.14. The van der Waals surface area contributed by atoms with Gasteiger partial charge < -0.3 is 0 Å². The highest BCUT2D eigenvalue weighted by Crippen LogP contribution is 2.35. The Morgan fingerprint density at radius 2 is 1.81 bits per heavy atom. The first-order valence-electron chi connectivity index (χ1n) is 8.18. The molecule has 7 heteroatoms. The van der Waals surface area contributed by atoms with Gasteiger partial charge in [-0.3, -0.25) is 10.9 Å². The van der Waals surface area contributed by atoms with Crippen LogP contribution >= 0.6 is 11.8 Å². The Morgan fingerprint density at radius 1 is 1.15 bits per heavy atom. The van der Waals surface area contributed by atoms with Crippen molar-refractivity contribution in [2.45, 2.75) is 31.0 Å². The fourth-order valence-corrected chi connectivity index (χ4v) is 3.42. The van der Waals surface area contributed by atoms with Crippen molar-refractivity contribution in [3.63, 3.8) is 0 Å². The Balaban J connectivity index is 2.29. The summed E-state index contributed by atoms with van der Waals surface area (Å²) in [5.74, 6) is 6.56. The van der Waals surface area contributed by atoms with Crippen molar-refractivity contribution in [2.24, 2.45) is 5.84 Å². The second-order valence-electron chi connectivity index (χ2n) is 5.66. The van der Waals surface area contributed by atoms with Gasteiger partial charge in [0.1, 0.15) is 0 Å². The van der Waals surface area contributed by atoms with Crippen molar-refractivity contribution < 1.29 is 13.2 Å². The summed E-state index contributed by atoms with van der Waals surface area (Å²) < 4.78 is 39.9. The SMILES string of the molecule is C=C(c1ccccc1C(F)(F)F)N(Cc1ccccc1SCCC)NN. The third kappa shape index (κ3) is 5.03. The first-order chi connectivity index (χ1) is 12.4. The minimum absolute atomic E-state index is 0.00311. The van der Waals surface area contributed by atoms with Crippen LogP contribution in [0.1, 0.15) is 30.0 Å². The summed E-state index contributed by atoms with van der Waals surface area (Å²) in [5.41, 5.74) is 2.86. The number of nitrogens with zero attached hydrogens (tertiary/aromatic N) is 1. The van der Waals surface area contributed by atoms with E-state index in [1.165, 1.54) is 17.1 Å². The number of hydrogen-bond donors (Lipinski definition) is 2. The molecule has 140 valence electrons. The van der Waals surface area contributed by atoms with E-state index in [1.807, 2.05) is 24.3 Å². The third-order valence-corrected chi connectivity index (χ3v) is 5.11. The first-order valence-corrected chi connectivity index (χ1v) is 9.17. The number of nitrogens with one attached hydrogen (secondary N) is 1. The first kappa shape index (κ1) is 20.4. The van der Waals surface area contributed by atoms with E-state index in [0.29, 0.717) is 6.54 Å². The molecule has 0 unspecified atom stereocenters. The predicted molar refractivity (Wildman–Crippen MR) is 101 cm³/mol. The summed E-state index contributed by atoms with van der Waals surface area (Å²) in [6.45, 7) is 6.23. The molecule has 3 nitrogen and oxygen atoms in total. The van der Waals surface area contributed by atoms with Gasteiger partial charge in [-0.15, -0.1) is 11.8 Å². The highest BCUT2D eigenvalue weighted by molar-refractivity contribution is 7.99. The molecule has 0 aliphatic rings. The van der Waals surface area contributed by atoms with Crippen molar-refractivity contribution in [2.75, 3.05) is 5.75 Å². The van der Waals surface area contributed by atoms with Crippen LogP contribution in [-0.4, -0.2) is 10.8 Å². The van der Waals surface area contributed by atoms with Crippen LogP contribution in [0.2, 0.25) is 0 Å². The quantitative estimate of drug-likeness (QED) is 0.381. The lowest BCUT2D eigenvalue weighted by molar-refractivity contribution is -0.137. The second-order valence-corrected chi connectivity index (χ2v) is 6.80. The maximum Gasteiger partial charge on any atom is 0.417 e. The lowest BCUT2D eigenvalue weighted by Gasteiger charge is -2.27. The van der Waals surface area contributed by atoms with E-state index in [9.17, 15) is 13.2 Å². The van der Waals surface area contributed by atoms with Gasteiger partial charge in [-0.05, 0) is 29.9 Å². The minimum atomic E-state index is -4.46. The van der Waals surface area contributed by atoms with Crippen molar-refractivity contribution in [3.8, 4) is 0 Å². The normalized spacial score (nSPS) is 11.4. The van der Waals surface area contributed by atoms with Gasteiger partial charge in [0.15, 0.2) is 0 Å². The Bertz CT molecular complexity index is 747. The van der Waals surface area contributed by atoms with Crippen LogP contribution in [0.5, 0.6) is 0 Å². The Morgan fingerprint density at radius 3 is 2.46 bits per heavy atom. The molecule has 0 aromatic heterocycles. The summed E-state index contributed by atoms with van der Waals surface area (Å²) in [5, 5.41) is 1.43. The van der Waals surface area contributed by atoms with E-state index in [4.69, 9.17) is 5.84 Å². The summed E-state index contributed by atoms with van der Waals surface area (Å²) >= 11 is 1.71. The van der Waals surface area contributed by atoms with Crippen LogP contribution in [0.15, 0.2) is 60.0 Å². The van der Waals surface area contributed by atoms with E-state index in [2.05, 4.69) is 19.0 Å². The van der Waals surface area contributed by atoms with Crippen molar-refractivity contribution in [1.29, 1.82) is 0 Å². The van der Waals surface area contributed by atoms with Gasteiger partial charge in [-0.25, -0.2) is 0 Å². The Hall–Kier alpha value is -1.96. The summed E-state index contributed by atoms with van der Waals surface area (Å²) in [6, 6.07) is 13.1. The predicted octanol–water partition coefficient (Wildman–Crippen LogP) is 5.06. The van der Waals surface area contributed by atoms with Gasteiger partial charge >= 0.3 is 6.18 Å². The van der Waals surface area contributed by atoms with Gasteiger partial charge in [-0.1, -0.05) is 49.9 Å². The lowest BCUT2D eigenvalue weighted by Crippen LogP contribution is -2.41. The maximum atomic E-state index is 13.3. The van der Waals surface area contributed by atoms with Crippen molar-refractivity contribution in [1.82, 2.24) is 10.5 Å². The molecule has 0 amide bonds. The number of hydrazine groups is 2. The molecule has 0 aliphatic heterocycles. The molecule has 0 bridgehead atoms. The number of nitrogens with two attached hydrogens (primary N) is 1. The highest BCUT2D eigenvalue weighted by Gasteiger charge is 2.34. The minimum Gasteiger partial charge on any atom is -0.291 e. The molecule has 0 heterocycles. The summed E-state index contributed by atoms with van der Waals surface area (Å²) in [4.78, 5) is 1.08. The second kappa shape index (κ2) is 9.12. The topological polar surface area (TPSA) is 41.3 Å². The largest absolute Gasteiger partial charge is 0.417 e. The molecule has 0 fully saturated rings. The van der Waals surface area contributed by atoms with Crippen LogP contribution in [0.4, 0.5) is 13.2 Å². The van der Waals surface area contributed by atoms with Crippen LogP contribution in [0.3, 0.4) is 0 Å². The van der Waals surface area contributed by atoms with Gasteiger partial charge in [0, 0.05) is 10.5 Å². The van der Waals surface area contributed by atoms with Gasteiger partial charge in [0.2, 0.25) is 0 Å². The summed E-state index contributed by atoms with van der Waals surface area (Å²) in [6.07, 6.45) is -3.43. The van der Waals surface area contributed by atoms with E-state index in [-0.39, 0.29) is 11.3 Å². The number of rotatable bonds is 8. The molecular weight excluding hydrogens is 359 g/mol. The standard InChI is InChI=1S/C19H22F3N3S/c1-3-12-26-18-11-7-4-8-15(18)13-25(24-23)14(2)16-9-5-6-10-17(16)19(20,21)22/h4-11,24H,2-3,12-13,23H2,1H3. The highest BCUT2D eigenvalue weighted by atomic mass is 32.2. The zero-order valence-corrected chi connectivity index (χ0v) is 15.3. The molecule has 26 heavy (non-hydrogen) atoms. The van der Waals surface area contributed by atoms with Crippen LogP contribution in [0.25, 0.3) is 5.70 Å². The van der Waals surface area contributed by atoms with E-state index >= 15 is 0 Å². The molecule has 0 radical (unpaired) electrons. The zero-order valence-electron chi connectivity index (χ0n) is 14.5. The lowest BCUT2D eigenvalue weighted by atomic mass is 10.0. The number of hydrogen-bond acceptors (Lipinski definition) is 4. The van der Waals surface area contributed by atoms with Crippen LogP contribution in [-0.2, 0) is 12.7 Å². The average Bonchev–Trinajstić information content (AvgIpc) is 2.64. The molecule has 2 aromatic carbocycles. The number of halogens is 3.